The molecule has 1 N–H and O–H groups in total. The zero-order valence-corrected chi connectivity index (χ0v) is 13.8. The monoisotopic (exact) mass is 338 g/mol. The molecule has 0 radical (unpaired) electrons. The van der Waals surface area contributed by atoms with E-state index in [9.17, 15) is 14.4 Å². The molecule has 0 aliphatic carbocycles. The van der Waals surface area contributed by atoms with Gasteiger partial charge in [-0.2, -0.15) is 0 Å². The summed E-state index contributed by atoms with van der Waals surface area (Å²) in [5.41, 5.74) is 1.59. The largest absolute Gasteiger partial charge is 0.492 e. The fourth-order valence-electron chi connectivity index (χ4n) is 2.62. The summed E-state index contributed by atoms with van der Waals surface area (Å²) in [6.07, 6.45) is 0. The summed E-state index contributed by atoms with van der Waals surface area (Å²) >= 11 is 0. The molecule has 3 amide bonds. The summed E-state index contributed by atoms with van der Waals surface area (Å²) in [5, 5.41) is 2.65. The van der Waals surface area contributed by atoms with Gasteiger partial charge in [-0.15, -0.1) is 0 Å². The average Bonchev–Trinajstić information content (AvgIpc) is 2.84. The highest BCUT2D eigenvalue weighted by molar-refractivity contribution is 6.22. The van der Waals surface area contributed by atoms with Gasteiger partial charge in [0, 0.05) is 0 Å². The molecule has 0 fully saturated rings. The number of nitrogens with zero attached hydrogens (tertiary/aromatic N) is 1. The minimum absolute atomic E-state index is 0.288. The molecule has 0 spiro atoms. The third-order valence-electron chi connectivity index (χ3n) is 3.86. The molecule has 25 heavy (non-hydrogen) atoms. The molecule has 2 aromatic rings. The molecular weight excluding hydrogens is 320 g/mol. The van der Waals surface area contributed by atoms with Crippen molar-refractivity contribution in [1.82, 2.24) is 10.2 Å². The number of fused-ring (bicyclic) bond motifs is 1. The molecule has 3 rings (SSSR count). The van der Waals surface area contributed by atoms with Crippen LogP contribution in [0.25, 0.3) is 0 Å². The van der Waals surface area contributed by atoms with E-state index in [1.807, 2.05) is 37.3 Å². The van der Waals surface area contributed by atoms with Crippen LogP contribution in [0, 0.1) is 6.92 Å². The number of hydrogen-bond acceptors (Lipinski definition) is 4. The number of ether oxygens (including phenoxy) is 1. The normalized spacial score (nSPS) is 12.9. The second-order valence-corrected chi connectivity index (χ2v) is 5.76. The molecule has 2 aromatic carbocycles. The number of nitrogens with one attached hydrogen (secondary N) is 1. The van der Waals surface area contributed by atoms with Crippen molar-refractivity contribution >= 4 is 17.7 Å². The molecule has 0 saturated heterocycles. The lowest BCUT2D eigenvalue weighted by Gasteiger charge is -2.13. The molecule has 6 heteroatoms. The van der Waals surface area contributed by atoms with Gasteiger partial charge in [0.1, 0.15) is 18.9 Å². The van der Waals surface area contributed by atoms with Gasteiger partial charge in [0.25, 0.3) is 11.8 Å². The van der Waals surface area contributed by atoms with Crippen molar-refractivity contribution in [2.75, 3.05) is 19.7 Å². The maximum absolute atomic E-state index is 12.3. The van der Waals surface area contributed by atoms with Gasteiger partial charge in [0.2, 0.25) is 5.91 Å². The topological polar surface area (TPSA) is 75.7 Å². The van der Waals surface area contributed by atoms with Gasteiger partial charge in [-0.05, 0) is 31.2 Å². The van der Waals surface area contributed by atoms with Gasteiger partial charge in [-0.25, -0.2) is 0 Å². The Labute approximate surface area is 145 Å². The highest BCUT2D eigenvalue weighted by atomic mass is 16.5. The smallest absolute Gasteiger partial charge is 0.262 e. The van der Waals surface area contributed by atoms with Crippen molar-refractivity contribution in [3.63, 3.8) is 0 Å². The van der Waals surface area contributed by atoms with Crippen molar-refractivity contribution in [2.45, 2.75) is 6.92 Å². The van der Waals surface area contributed by atoms with E-state index in [1.54, 1.807) is 18.2 Å². The van der Waals surface area contributed by atoms with E-state index in [-0.39, 0.29) is 13.1 Å². The van der Waals surface area contributed by atoms with E-state index in [4.69, 9.17) is 4.74 Å². The van der Waals surface area contributed by atoms with Crippen LogP contribution in [0.5, 0.6) is 5.75 Å². The lowest BCUT2D eigenvalue weighted by molar-refractivity contribution is -0.121. The quantitative estimate of drug-likeness (QED) is 0.643. The Balaban J connectivity index is 1.50. The highest BCUT2D eigenvalue weighted by Crippen LogP contribution is 2.23. The lowest BCUT2D eigenvalue weighted by Crippen LogP contribution is -2.41. The molecule has 0 saturated carbocycles. The molecule has 1 aliphatic rings. The minimum atomic E-state index is -0.435. The first-order chi connectivity index (χ1) is 12.1. The van der Waals surface area contributed by atoms with Gasteiger partial charge in [0.15, 0.2) is 0 Å². The number of para-hydroxylation sites is 1. The lowest BCUT2D eigenvalue weighted by atomic mass is 10.1. The standard InChI is InChI=1S/C19H18N2O4/c1-13-7-8-15-16(11-13)19(24)21(18(15)23)12-17(22)20-9-10-25-14-5-3-2-4-6-14/h2-8,11H,9-10,12H2,1H3,(H,20,22). The molecule has 1 heterocycles. The second-order valence-electron chi connectivity index (χ2n) is 5.76. The summed E-state index contributed by atoms with van der Waals surface area (Å²) in [6.45, 7) is 2.14. The summed E-state index contributed by atoms with van der Waals surface area (Å²) < 4.78 is 5.47. The van der Waals surface area contributed by atoms with Crippen molar-refractivity contribution < 1.29 is 19.1 Å². The van der Waals surface area contributed by atoms with Crippen LogP contribution in [-0.2, 0) is 4.79 Å². The number of carbonyl (C=O) groups excluding carboxylic acids is 3. The molecule has 128 valence electrons. The number of imide groups is 1. The number of carbonyl (C=O) groups is 3. The van der Waals surface area contributed by atoms with Crippen LogP contribution >= 0.6 is 0 Å². The maximum Gasteiger partial charge on any atom is 0.262 e. The van der Waals surface area contributed by atoms with Crippen LogP contribution < -0.4 is 10.1 Å². The van der Waals surface area contributed by atoms with Crippen molar-refractivity contribution in [3.8, 4) is 5.75 Å². The number of hydrogen-bond donors (Lipinski definition) is 1. The number of rotatable bonds is 6. The first-order valence-corrected chi connectivity index (χ1v) is 7.97. The SMILES string of the molecule is Cc1ccc2c(c1)C(=O)N(CC(=O)NCCOc1ccccc1)C2=O. The Hall–Kier alpha value is -3.15. The van der Waals surface area contributed by atoms with Crippen LogP contribution in [0.2, 0.25) is 0 Å². The first kappa shape index (κ1) is 16.7. The Morgan fingerprint density at radius 2 is 1.76 bits per heavy atom. The number of aryl methyl sites for hydroxylation is 1. The Morgan fingerprint density at radius 1 is 1.04 bits per heavy atom. The minimum Gasteiger partial charge on any atom is -0.492 e. The van der Waals surface area contributed by atoms with Crippen LogP contribution in [0.15, 0.2) is 48.5 Å². The summed E-state index contributed by atoms with van der Waals surface area (Å²) in [6, 6.07) is 14.3. The van der Waals surface area contributed by atoms with Crippen molar-refractivity contribution in [3.05, 3.63) is 65.2 Å². The Morgan fingerprint density at radius 3 is 2.52 bits per heavy atom. The van der Waals surface area contributed by atoms with E-state index in [0.717, 1.165) is 10.5 Å². The molecule has 6 nitrogen and oxygen atoms in total. The van der Waals surface area contributed by atoms with Crippen LogP contribution in [0.3, 0.4) is 0 Å². The van der Waals surface area contributed by atoms with Gasteiger partial charge >= 0.3 is 0 Å². The van der Waals surface area contributed by atoms with Crippen molar-refractivity contribution in [1.29, 1.82) is 0 Å². The van der Waals surface area contributed by atoms with Gasteiger partial charge in [-0.1, -0.05) is 29.8 Å². The highest BCUT2D eigenvalue weighted by Gasteiger charge is 2.36. The van der Waals surface area contributed by atoms with E-state index in [1.165, 1.54) is 0 Å². The van der Waals surface area contributed by atoms with E-state index in [0.29, 0.717) is 23.5 Å². The van der Waals surface area contributed by atoms with E-state index in [2.05, 4.69) is 5.32 Å². The van der Waals surface area contributed by atoms with E-state index >= 15 is 0 Å². The third-order valence-corrected chi connectivity index (χ3v) is 3.86. The third kappa shape index (κ3) is 3.68. The van der Waals surface area contributed by atoms with Crippen molar-refractivity contribution in [2.24, 2.45) is 0 Å². The molecule has 0 aromatic heterocycles. The van der Waals surface area contributed by atoms with Gasteiger partial charge in [0.05, 0.1) is 17.7 Å². The summed E-state index contributed by atoms with van der Waals surface area (Å²) in [4.78, 5) is 37.6. The van der Waals surface area contributed by atoms with Gasteiger partial charge in [-0.3, -0.25) is 19.3 Å². The second kappa shape index (κ2) is 7.17. The zero-order valence-electron chi connectivity index (χ0n) is 13.8. The van der Waals surface area contributed by atoms with E-state index < -0.39 is 17.7 Å². The average molecular weight is 338 g/mol. The van der Waals surface area contributed by atoms with Crippen LogP contribution in [0.1, 0.15) is 26.3 Å². The Bertz CT molecular complexity index is 817. The number of benzene rings is 2. The molecule has 1 aliphatic heterocycles. The molecule has 0 bridgehead atoms. The predicted molar refractivity (Wildman–Crippen MR) is 91.5 cm³/mol. The summed E-state index contributed by atoms with van der Waals surface area (Å²) in [5.74, 6) is -0.551. The number of amides is 3. The molecular formula is C19H18N2O4. The predicted octanol–water partition coefficient (Wildman–Crippen LogP) is 1.79. The van der Waals surface area contributed by atoms with Crippen LogP contribution in [-0.4, -0.2) is 42.3 Å². The fourth-order valence-corrected chi connectivity index (χ4v) is 2.62. The molecule has 0 unspecified atom stereocenters. The first-order valence-electron chi connectivity index (χ1n) is 7.97. The fraction of sp³-hybridized carbons (Fsp3) is 0.211. The summed E-state index contributed by atoms with van der Waals surface area (Å²) in [7, 11) is 0. The zero-order chi connectivity index (χ0) is 17.8. The maximum atomic E-state index is 12.3. The molecule has 0 atom stereocenters. The van der Waals surface area contributed by atoms with Crippen LogP contribution in [0.4, 0.5) is 0 Å². The Kier molecular flexibility index (Phi) is 4.79. The van der Waals surface area contributed by atoms with Gasteiger partial charge < -0.3 is 10.1 Å².